The predicted octanol–water partition coefficient (Wildman–Crippen LogP) is 2.34. The Hall–Kier alpha value is -3.33. The van der Waals surface area contributed by atoms with Crippen molar-refractivity contribution in [2.75, 3.05) is 14.2 Å². The molecule has 0 aliphatic rings. The summed E-state index contributed by atoms with van der Waals surface area (Å²) in [5.41, 5.74) is 4.10. The van der Waals surface area contributed by atoms with Gasteiger partial charge in [0.15, 0.2) is 11.5 Å². The van der Waals surface area contributed by atoms with Gasteiger partial charge < -0.3 is 9.47 Å². The smallest absolute Gasteiger partial charge is 0.271 e. The zero-order valence-corrected chi connectivity index (χ0v) is 12.7. The van der Waals surface area contributed by atoms with Gasteiger partial charge in [0.1, 0.15) is 0 Å². The second-order valence-corrected chi connectivity index (χ2v) is 4.50. The lowest BCUT2D eigenvalue weighted by Crippen LogP contribution is -2.17. The van der Waals surface area contributed by atoms with Gasteiger partial charge >= 0.3 is 0 Å². The first-order valence-corrected chi connectivity index (χ1v) is 6.73. The number of ether oxygens (including phenoxy) is 2. The van der Waals surface area contributed by atoms with E-state index in [4.69, 9.17) is 14.7 Å². The van der Waals surface area contributed by atoms with Crippen molar-refractivity contribution < 1.29 is 14.3 Å². The normalized spacial score (nSPS) is 10.1. The first-order chi connectivity index (χ1) is 11.2. The summed E-state index contributed by atoms with van der Waals surface area (Å²) in [5.74, 6) is 0.840. The molecule has 0 radical (unpaired) electrons. The van der Waals surface area contributed by atoms with E-state index in [1.165, 1.54) is 6.21 Å². The maximum Gasteiger partial charge on any atom is 0.271 e. The van der Waals surface area contributed by atoms with Gasteiger partial charge in [-0.2, -0.15) is 10.4 Å². The average molecular weight is 309 g/mol. The van der Waals surface area contributed by atoms with Crippen LogP contribution in [0.2, 0.25) is 0 Å². The molecule has 1 N–H and O–H groups in total. The lowest BCUT2D eigenvalue weighted by atomic mass is 10.1. The standard InChI is InChI=1S/C17H15N3O3/c1-22-15-8-5-13(9-16(15)23-2)11-19-20-17(21)14-6-3-12(10-18)4-7-14/h3-9,11H,1-2H3,(H,20,21)/b19-11-. The molecule has 0 saturated heterocycles. The predicted molar refractivity (Wildman–Crippen MR) is 85.8 cm³/mol. The van der Waals surface area contributed by atoms with Crippen molar-refractivity contribution in [3.63, 3.8) is 0 Å². The van der Waals surface area contributed by atoms with Gasteiger partial charge in [-0.05, 0) is 48.0 Å². The molecule has 1 amide bonds. The van der Waals surface area contributed by atoms with Crippen LogP contribution in [0.5, 0.6) is 11.5 Å². The highest BCUT2D eigenvalue weighted by molar-refractivity contribution is 5.95. The topological polar surface area (TPSA) is 83.7 Å². The van der Waals surface area contributed by atoms with Gasteiger partial charge in [-0.3, -0.25) is 4.79 Å². The summed E-state index contributed by atoms with van der Waals surface area (Å²) in [7, 11) is 3.11. The van der Waals surface area contributed by atoms with Crippen LogP contribution in [0.3, 0.4) is 0 Å². The quantitative estimate of drug-likeness (QED) is 0.678. The van der Waals surface area contributed by atoms with Crippen molar-refractivity contribution in [1.29, 1.82) is 5.26 Å². The molecule has 0 atom stereocenters. The molecule has 0 saturated carbocycles. The van der Waals surface area contributed by atoms with Gasteiger partial charge in [-0.1, -0.05) is 0 Å². The Bertz CT molecular complexity index is 762. The number of benzene rings is 2. The van der Waals surface area contributed by atoms with Gasteiger partial charge in [-0.15, -0.1) is 0 Å². The first kappa shape index (κ1) is 16.0. The Labute approximate surface area is 134 Å². The summed E-state index contributed by atoms with van der Waals surface area (Å²) in [4.78, 5) is 11.9. The maximum absolute atomic E-state index is 11.9. The molecule has 2 rings (SSSR count). The van der Waals surface area contributed by atoms with Crippen LogP contribution in [-0.2, 0) is 0 Å². The monoisotopic (exact) mass is 309 g/mol. The highest BCUT2D eigenvalue weighted by atomic mass is 16.5. The molecule has 0 aliphatic carbocycles. The minimum absolute atomic E-state index is 0.355. The number of hydrazone groups is 1. The number of nitriles is 1. The summed E-state index contributed by atoms with van der Waals surface area (Å²) in [6, 6.07) is 13.6. The fourth-order valence-electron chi connectivity index (χ4n) is 1.86. The Kier molecular flexibility index (Phi) is 5.31. The van der Waals surface area contributed by atoms with E-state index in [-0.39, 0.29) is 5.91 Å². The van der Waals surface area contributed by atoms with Gasteiger partial charge in [0.2, 0.25) is 0 Å². The van der Waals surface area contributed by atoms with Crippen molar-refractivity contribution in [1.82, 2.24) is 5.43 Å². The summed E-state index contributed by atoms with van der Waals surface area (Å²) >= 11 is 0. The second-order valence-electron chi connectivity index (χ2n) is 4.50. The molecule has 2 aromatic rings. The Morgan fingerprint density at radius 1 is 1.13 bits per heavy atom. The number of carbonyl (C=O) groups is 1. The molecule has 2 aromatic carbocycles. The van der Waals surface area contributed by atoms with Crippen molar-refractivity contribution in [3.05, 3.63) is 59.2 Å². The summed E-state index contributed by atoms with van der Waals surface area (Å²) in [6.45, 7) is 0. The van der Waals surface area contributed by atoms with E-state index in [0.717, 1.165) is 5.56 Å². The van der Waals surface area contributed by atoms with Crippen LogP contribution in [0.25, 0.3) is 0 Å². The Balaban J connectivity index is 2.03. The number of nitrogens with zero attached hydrogens (tertiary/aromatic N) is 2. The summed E-state index contributed by atoms with van der Waals surface area (Å²) in [5, 5.41) is 12.6. The number of carbonyl (C=O) groups excluding carboxylic acids is 1. The average Bonchev–Trinajstić information content (AvgIpc) is 2.61. The molecule has 0 unspecified atom stereocenters. The molecule has 6 nitrogen and oxygen atoms in total. The maximum atomic E-state index is 11.9. The van der Waals surface area contributed by atoms with Crippen LogP contribution in [0.4, 0.5) is 0 Å². The SMILES string of the molecule is COc1ccc(/C=N\NC(=O)c2ccc(C#N)cc2)cc1OC. The fraction of sp³-hybridized carbons (Fsp3) is 0.118. The molecule has 6 heteroatoms. The van der Waals surface area contributed by atoms with Crippen molar-refractivity contribution >= 4 is 12.1 Å². The number of methoxy groups -OCH3 is 2. The molecule has 0 heterocycles. The van der Waals surface area contributed by atoms with Crippen molar-refractivity contribution in [2.45, 2.75) is 0 Å². The van der Waals surface area contributed by atoms with Crippen LogP contribution in [0, 0.1) is 11.3 Å². The number of hydrogen-bond donors (Lipinski definition) is 1. The van der Waals surface area contributed by atoms with Crippen molar-refractivity contribution in [2.24, 2.45) is 5.10 Å². The number of amides is 1. The van der Waals surface area contributed by atoms with Crippen LogP contribution in [0.1, 0.15) is 21.5 Å². The van der Waals surface area contributed by atoms with E-state index < -0.39 is 0 Å². The number of nitrogens with one attached hydrogen (secondary N) is 1. The third-order valence-corrected chi connectivity index (χ3v) is 3.06. The van der Waals surface area contributed by atoms with Crippen LogP contribution < -0.4 is 14.9 Å². The van der Waals surface area contributed by atoms with Gasteiger partial charge in [0.05, 0.1) is 32.1 Å². The van der Waals surface area contributed by atoms with E-state index >= 15 is 0 Å². The van der Waals surface area contributed by atoms with Crippen LogP contribution in [-0.4, -0.2) is 26.3 Å². The van der Waals surface area contributed by atoms with Crippen LogP contribution in [0.15, 0.2) is 47.6 Å². The first-order valence-electron chi connectivity index (χ1n) is 6.73. The molecule has 23 heavy (non-hydrogen) atoms. The number of rotatable bonds is 5. The molecule has 0 spiro atoms. The highest BCUT2D eigenvalue weighted by Gasteiger charge is 2.05. The number of hydrogen-bond acceptors (Lipinski definition) is 5. The van der Waals surface area contributed by atoms with E-state index in [2.05, 4.69) is 10.5 Å². The van der Waals surface area contributed by atoms with Crippen LogP contribution >= 0.6 is 0 Å². The lowest BCUT2D eigenvalue weighted by Gasteiger charge is -2.07. The summed E-state index contributed by atoms with van der Waals surface area (Å²) in [6.07, 6.45) is 1.50. The van der Waals surface area contributed by atoms with E-state index in [9.17, 15) is 4.79 Å². The zero-order chi connectivity index (χ0) is 16.7. The molecule has 0 fully saturated rings. The summed E-state index contributed by atoms with van der Waals surface area (Å²) < 4.78 is 10.3. The third-order valence-electron chi connectivity index (χ3n) is 3.06. The minimum atomic E-state index is -0.355. The van der Waals surface area contributed by atoms with Gasteiger partial charge in [0.25, 0.3) is 5.91 Å². The van der Waals surface area contributed by atoms with E-state index in [1.807, 2.05) is 6.07 Å². The molecule has 0 bridgehead atoms. The molecular weight excluding hydrogens is 294 g/mol. The largest absolute Gasteiger partial charge is 0.493 e. The Morgan fingerprint density at radius 2 is 1.83 bits per heavy atom. The fourth-order valence-corrected chi connectivity index (χ4v) is 1.86. The van der Waals surface area contributed by atoms with Crippen molar-refractivity contribution in [3.8, 4) is 17.6 Å². The third kappa shape index (κ3) is 4.08. The highest BCUT2D eigenvalue weighted by Crippen LogP contribution is 2.26. The lowest BCUT2D eigenvalue weighted by molar-refractivity contribution is 0.0955. The minimum Gasteiger partial charge on any atom is -0.493 e. The molecule has 0 aromatic heterocycles. The van der Waals surface area contributed by atoms with Gasteiger partial charge in [-0.25, -0.2) is 5.43 Å². The molecule has 0 aliphatic heterocycles. The van der Waals surface area contributed by atoms with E-state index in [1.54, 1.807) is 56.7 Å². The second kappa shape index (κ2) is 7.61. The zero-order valence-electron chi connectivity index (χ0n) is 12.7. The molecular formula is C17H15N3O3. The molecule has 116 valence electrons. The Morgan fingerprint density at radius 3 is 2.43 bits per heavy atom. The van der Waals surface area contributed by atoms with Gasteiger partial charge in [0, 0.05) is 5.56 Å². The van der Waals surface area contributed by atoms with E-state index in [0.29, 0.717) is 22.6 Å².